The molecule has 1 aromatic heterocycles. The minimum atomic E-state index is -0.557. The van der Waals surface area contributed by atoms with Crippen LogP contribution in [0.15, 0.2) is 4.52 Å². The Hall–Kier alpha value is -1.85. The smallest absolute Gasteiger partial charge is 0.344 e. The second-order valence-corrected chi connectivity index (χ2v) is 8.84. The third-order valence-corrected chi connectivity index (χ3v) is 6.95. The van der Waals surface area contributed by atoms with E-state index >= 15 is 0 Å². The molecule has 1 unspecified atom stereocenters. The third-order valence-electron chi connectivity index (χ3n) is 6.95. The van der Waals surface area contributed by atoms with Gasteiger partial charge in [-0.05, 0) is 82.5 Å². The monoisotopic (exact) mass is 360 g/mol. The summed E-state index contributed by atoms with van der Waals surface area (Å²) in [6.07, 6.45) is 7.86. The predicted molar refractivity (Wildman–Crippen MR) is 94.5 cm³/mol. The van der Waals surface area contributed by atoms with Crippen LogP contribution in [0, 0.1) is 37.0 Å². The van der Waals surface area contributed by atoms with Gasteiger partial charge in [0.05, 0.1) is 5.69 Å². The standard InChI is InChI=1S/C20H28N2O4/c1-11-18(12(2)26-22-11)19(24)25-10-17(23)21-13(3)20-7-14-4-15(8-20)6-16(5-14)9-20/h13-16H,4-10H2,1-3H3,(H,21,23). The molecule has 4 saturated carbocycles. The zero-order valence-electron chi connectivity index (χ0n) is 15.8. The van der Waals surface area contributed by atoms with Gasteiger partial charge in [-0.25, -0.2) is 4.79 Å². The first-order chi connectivity index (χ1) is 12.4. The third kappa shape index (κ3) is 3.03. The molecule has 4 fully saturated rings. The van der Waals surface area contributed by atoms with Gasteiger partial charge in [0, 0.05) is 6.04 Å². The van der Waals surface area contributed by atoms with Crippen LogP contribution in [0.5, 0.6) is 0 Å². The Morgan fingerprint density at radius 1 is 1.19 bits per heavy atom. The Morgan fingerprint density at radius 3 is 2.27 bits per heavy atom. The fourth-order valence-corrected chi connectivity index (χ4v) is 6.12. The fourth-order valence-electron chi connectivity index (χ4n) is 6.12. The molecule has 0 spiro atoms. The first-order valence-electron chi connectivity index (χ1n) is 9.75. The number of aryl methyl sites for hydroxylation is 2. The van der Waals surface area contributed by atoms with E-state index in [-0.39, 0.29) is 24.0 Å². The Kier molecular flexibility index (Phi) is 4.32. The van der Waals surface area contributed by atoms with Gasteiger partial charge in [-0.15, -0.1) is 0 Å². The molecule has 0 radical (unpaired) electrons. The number of esters is 1. The maximum Gasteiger partial charge on any atom is 0.344 e. The highest BCUT2D eigenvalue weighted by molar-refractivity contribution is 5.93. The normalized spacial score (nSPS) is 33.1. The lowest BCUT2D eigenvalue weighted by atomic mass is 9.48. The van der Waals surface area contributed by atoms with Crippen molar-refractivity contribution < 1.29 is 18.8 Å². The summed E-state index contributed by atoms with van der Waals surface area (Å²) in [6, 6.07) is 0.126. The molecule has 1 aromatic rings. The van der Waals surface area contributed by atoms with Crippen molar-refractivity contribution in [1.29, 1.82) is 0 Å². The van der Waals surface area contributed by atoms with E-state index in [1.807, 2.05) is 0 Å². The van der Waals surface area contributed by atoms with E-state index < -0.39 is 5.97 Å². The van der Waals surface area contributed by atoms with Crippen molar-refractivity contribution in [3.63, 3.8) is 0 Å². The van der Waals surface area contributed by atoms with Gasteiger partial charge in [0.1, 0.15) is 11.3 Å². The number of hydrogen-bond donors (Lipinski definition) is 1. The first kappa shape index (κ1) is 17.6. The molecule has 4 aliphatic rings. The van der Waals surface area contributed by atoms with Crippen LogP contribution in [-0.4, -0.2) is 29.7 Å². The lowest BCUT2D eigenvalue weighted by molar-refractivity contribution is -0.128. The number of carbonyl (C=O) groups is 2. The second kappa shape index (κ2) is 6.39. The molecule has 26 heavy (non-hydrogen) atoms. The van der Waals surface area contributed by atoms with Gasteiger partial charge in [-0.1, -0.05) is 5.16 Å². The second-order valence-electron chi connectivity index (χ2n) is 8.84. The van der Waals surface area contributed by atoms with E-state index in [0.29, 0.717) is 17.0 Å². The Balaban J connectivity index is 1.33. The van der Waals surface area contributed by atoms with Crippen molar-refractivity contribution in [2.24, 2.45) is 23.2 Å². The first-order valence-corrected chi connectivity index (χ1v) is 9.75. The SMILES string of the molecule is Cc1noc(C)c1C(=O)OCC(=O)NC(C)C12CC3CC(CC(C3)C1)C2. The van der Waals surface area contributed by atoms with E-state index in [1.165, 1.54) is 38.5 Å². The van der Waals surface area contributed by atoms with Crippen molar-refractivity contribution >= 4 is 11.9 Å². The minimum absolute atomic E-state index is 0.126. The van der Waals surface area contributed by atoms with E-state index in [1.54, 1.807) is 13.8 Å². The number of nitrogens with zero attached hydrogens (tertiary/aromatic N) is 1. The van der Waals surface area contributed by atoms with Gasteiger partial charge in [-0.2, -0.15) is 0 Å². The molecule has 0 aliphatic heterocycles. The van der Waals surface area contributed by atoms with Gasteiger partial charge >= 0.3 is 5.97 Å². The molecule has 142 valence electrons. The lowest BCUT2D eigenvalue weighted by Crippen LogP contribution is -2.56. The molecule has 1 heterocycles. The van der Waals surface area contributed by atoms with E-state index in [0.717, 1.165) is 17.8 Å². The molecule has 6 nitrogen and oxygen atoms in total. The summed E-state index contributed by atoms with van der Waals surface area (Å²) in [6.45, 7) is 5.20. The average Bonchev–Trinajstić information content (AvgIpc) is 2.90. The molecule has 5 rings (SSSR count). The number of hydrogen-bond acceptors (Lipinski definition) is 5. The average molecular weight is 360 g/mol. The van der Waals surface area contributed by atoms with Crippen LogP contribution in [0.2, 0.25) is 0 Å². The summed E-state index contributed by atoms with van der Waals surface area (Å²) in [4.78, 5) is 24.5. The quantitative estimate of drug-likeness (QED) is 0.816. The zero-order chi connectivity index (χ0) is 18.5. The molecular weight excluding hydrogens is 332 g/mol. The highest BCUT2D eigenvalue weighted by Gasteiger charge is 2.53. The van der Waals surface area contributed by atoms with Crippen molar-refractivity contribution in [3.05, 3.63) is 17.0 Å². The predicted octanol–water partition coefficient (Wildman–Crippen LogP) is 3.17. The number of carbonyl (C=O) groups excluding carboxylic acids is 2. The van der Waals surface area contributed by atoms with Crippen LogP contribution >= 0.6 is 0 Å². The summed E-state index contributed by atoms with van der Waals surface area (Å²) in [7, 11) is 0. The summed E-state index contributed by atoms with van der Waals surface area (Å²) in [5, 5.41) is 6.85. The van der Waals surface area contributed by atoms with Gasteiger partial charge in [-0.3, -0.25) is 4.79 Å². The summed E-state index contributed by atoms with van der Waals surface area (Å²) in [5.41, 5.74) is 1.04. The number of ether oxygens (including phenoxy) is 1. The van der Waals surface area contributed by atoms with Gasteiger partial charge < -0.3 is 14.6 Å². The molecular formula is C20H28N2O4. The van der Waals surface area contributed by atoms with Crippen LogP contribution in [-0.2, 0) is 9.53 Å². The van der Waals surface area contributed by atoms with Crippen LogP contribution in [0.1, 0.15) is 67.3 Å². The van der Waals surface area contributed by atoms with Crippen molar-refractivity contribution in [1.82, 2.24) is 10.5 Å². The number of nitrogens with one attached hydrogen (secondary N) is 1. The molecule has 4 bridgehead atoms. The highest BCUT2D eigenvalue weighted by atomic mass is 16.5. The fraction of sp³-hybridized carbons (Fsp3) is 0.750. The molecule has 6 heteroatoms. The van der Waals surface area contributed by atoms with Crippen molar-refractivity contribution in [3.8, 4) is 0 Å². The van der Waals surface area contributed by atoms with E-state index in [4.69, 9.17) is 9.26 Å². The van der Waals surface area contributed by atoms with Crippen molar-refractivity contribution in [2.45, 2.75) is 65.3 Å². The largest absolute Gasteiger partial charge is 0.452 e. The maximum absolute atomic E-state index is 12.4. The summed E-state index contributed by atoms with van der Waals surface area (Å²) in [5.74, 6) is 2.16. The molecule has 1 atom stereocenters. The van der Waals surface area contributed by atoms with E-state index in [9.17, 15) is 9.59 Å². The van der Waals surface area contributed by atoms with Gasteiger partial charge in [0.2, 0.25) is 0 Å². The zero-order valence-corrected chi connectivity index (χ0v) is 15.8. The topological polar surface area (TPSA) is 81.4 Å². The number of rotatable bonds is 5. The molecule has 0 saturated heterocycles. The highest BCUT2D eigenvalue weighted by Crippen LogP contribution is 2.61. The molecule has 4 aliphatic carbocycles. The summed E-state index contributed by atoms with van der Waals surface area (Å²) >= 11 is 0. The van der Waals surface area contributed by atoms with Crippen LogP contribution in [0.3, 0.4) is 0 Å². The van der Waals surface area contributed by atoms with Crippen LogP contribution in [0.25, 0.3) is 0 Å². The number of aromatic nitrogens is 1. The Bertz CT molecular complexity index is 669. The molecule has 1 N–H and O–H groups in total. The van der Waals surface area contributed by atoms with Crippen molar-refractivity contribution in [2.75, 3.05) is 6.61 Å². The number of amides is 1. The van der Waals surface area contributed by atoms with Gasteiger partial charge in [0.25, 0.3) is 5.91 Å². The summed E-state index contributed by atoms with van der Waals surface area (Å²) < 4.78 is 10.2. The maximum atomic E-state index is 12.4. The van der Waals surface area contributed by atoms with Crippen LogP contribution < -0.4 is 5.32 Å². The molecule has 1 amide bonds. The van der Waals surface area contributed by atoms with Crippen LogP contribution in [0.4, 0.5) is 0 Å². The van der Waals surface area contributed by atoms with Gasteiger partial charge in [0.15, 0.2) is 6.61 Å². The Morgan fingerprint density at radius 2 is 1.77 bits per heavy atom. The lowest BCUT2D eigenvalue weighted by Gasteiger charge is -2.59. The minimum Gasteiger partial charge on any atom is -0.452 e. The Labute approximate surface area is 154 Å². The van der Waals surface area contributed by atoms with E-state index in [2.05, 4.69) is 17.4 Å². The molecule has 0 aromatic carbocycles.